The topological polar surface area (TPSA) is 0 Å². The van der Waals surface area contributed by atoms with Crippen LogP contribution >= 0.6 is 11.6 Å². The summed E-state index contributed by atoms with van der Waals surface area (Å²) in [5.74, 6) is 0. The summed E-state index contributed by atoms with van der Waals surface area (Å²) in [6.07, 6.45) is 0.960. The highest BCUT2D eigenvalue weighted by Crippen LogP contribution is 2.08. The lowest BCUT2D eigenvalue weighted by molar-refractivity contribution is 0.931. The Labute approximate surface area is 73.2 Å². The summed E-state index contributed by atoms with van der Waals surface area (Å²) in [4.78, 5) is 0. The molecule has 0 nitrogen and oxygen atoms in total. The van der Waals surface area contributed by atoms with Gasteiger partial charge in [0, 0.05) is 5.38 Å². The third-order valence-electron chi connectivity index (χ3n) is 1.64. The molecule has 0 amide bonds. The molecule has 0 aromatic heterocycles. The predicted molar refractivity (Wildman–Crippen MR) is 50.2 cm³/mol. The first-order chi connectivity index (χ1) is 5.18. The van der Waals surface area contributed by atoms with Gasteiger partial charge in [-0.3, -0.25) is 0 Å². The number of rotatable bonds is 2. The number of hydrogen-bond acceptors (Lipinski definition) is 0. The Kier molecular flexibility index (Phi) is 2.95. The minimum atomic E-state index is 0.234. The molecule has 0 bridgehead atoms. The van der Waals surface area contributed by atoms with Crippen LogP contribution in [0.2, 0.25) is 0 Å². The van der Waals surface area contributed by atoms with Crippen molar-refractivity contribution in [3.63, 3.8) is 0 Å². The van der Waals surface area contributed by atoms with Gasteiger partial charge in [0.1, 0.15) is 0 Å². The number of hydrogen-bond donors (Lipinski definition) is 0. The van der Waals surface area contributed by atoms with Crippen molar-refractivity contribution in [1.29, 1.82) is 0 Å². The molecule has 1 rings (SSSR count). The summed E-state index contributed by atoms with van der Waals surface area (Å²) in [6.45, 7) is 4.11. The largest absolute Gasteiger partial charge is 0.123 e. The highest BCUT2D eigenvalue weighted by atomic mass is 35.5. The molecule has 0 saturated heterocycles. The summed E-state index contributed by atoms with van der Waals surface area (Å²) in [5.41, 5.74) is 2.62. The molecule has 11 heavy (non-hydrogen) atoms. The van der Waals surface area contributed by atoms with Crippen molar-refractivity contribution in [2.45, 2.75) is 25.6 Å². The zero-order valence-electron chi connectivity index (χ0n) is 6.97. The summed E-state index contributed by atoms with van der Waals surface area (Å²) < 4.78 is 0. The summed E-state index contributed by atoms with van der Waals surface area (Å²) in [7, 11) is 0. The first kappa shape index (κ1) is 8.61. The Morgan fingerprint density at radius 3 is 2.27 bits per heavy atom. The van der Waals surface area contributed by atoms with E-state index in [1.54, 1.807) is 0 Å². The van der Waals surface area contributed by atoms with Crippen LogP contribution in [0, 0.1) is 6.92 Å². The van der Waals surface area contributed by atoms with Crippen LogP contribution in [-0.2, 0) is 6.42 Å². The van der Waals surface area contributed by atoms with E-state index in [0.717, 1.165) is 6.42 Å². The minimum Gasteiger partial charge on any atom is -0.123 e. The minimum absolute atomic E-state index is 0.234. The van der Waals surface area contributed by atoms with Gasteiger partial charge >= 0.3 is 0 Å². The highest BCUT2D eigenvalue weighted by molar-refractivity contribution is 6.20. The molecule has 60 valence electrons. The second kappa shape index (κ2) is 3.77. The summed E-state index contributed by atoms with van der Waals surface area (Å²) in [6, 6.07) is 8.51. The second-order valence-electron chi connectivity index (χ2n) is 2.97. The van der Waals surface area contributed by atoms with Crippen LogP contribution in [0.5, 0.6) is 0 Å². The molecule has 0 radical (unpaired) electrons. The molecule has 0 aliphatic heterocycles. The monoisotopic (exact) mass is 168 g/mol. The van der Waals surface area contributed by atoms with E-state index in [1.165, 1.54) is 11.1 Å². The Bertz CT molecular complexity index is 211. The van der Waals surface area contributed by atoms with Gasteiger partial charge < -0.3 is 0 Å². The standard InChI is InChI=1S/C10H13Cl/c1-8-3-5-10(6-4-8)7-9(2)11/h3-6,9H,7H2,1-2H3. The van der Waals surface area contributed by atoms with Crippen molar-refractivity contribution in [2.75, 3.05) is 0 Å². The summed E-state index contributed by atoms with van der Waals surface area (Å²) >= 11 is 5.85. The van der Waals surface area contributed by atoms with E-state index >= 15 is 0 Å². The van der Waals surface area contributed by atoms with Crippen LogP contribution in [0.15, 0.2) is 24.3 Å². The molecule has 0 spiro atoms. The molecule has 0 aliphatic carbocycles. The van der Waals surface area contributed by atoms with E-state index in [-0.39, 0.29) is 5.38 Å². The Hall–Kier alpha value is -0.490. The van der Waals surface area contributed by atoms with E-state index in [0.29, 0.717) is 0 Å². The Balaban J connectivity index is 2.66. The SMILES string of the molecule is Cc1ccc(CC(C)Cl)cc1. The lowest BCUT2D eigenvalue weighted by Gasteiger charge is -2.02. The third kappa shape index (κ3) is 2.94. The number of alkyl halides is 1. The normalized spacial score (nSPS) is 13.0. The van der Waals surface area contributed by atoms with Gasteiger partial charge in [0.15, 0.2) is 0 Å². The highest BCUT2D eigenvalue weighted by Gasteiger charge is 1.97. The molecule has 1 aromatic carbocycles. The first-order valence-electron chi connectivity index (χ1n) is 3.88. The molecule has 1 aromatic rings. The summed E-state index contributed by atoms with van der Waals surface area (Å²) in [5, 5.41) is 0.234. The molecular weight excluding hydrogens is 156 g/mol. The van der Waals surface area contributed by atoms with Gasteiger partial charge in [-0.2, -0.15) is 0 Å². The second-order valence-corrected chi connectivity index (χ2v) is 3.72. The smallest absolute Gasteiger partial charge is 0.0348 e. The van der Waals surface area contributed by atoms with E-state index in [9.17, 15) is 0 Å². The van der Waals surface area contributed by atoms with Crippen molar-refractivity contribution < 1.29 is 0 Å². The Morgan fingerprint density at radius 2 is 1.82 bits per heavy atom. The molecular formula is C10H13Cl. The van der Waals surface area contributed by atoms with Crippen LogP contribution in [0.4, 0.5) is 0 Å². The fourth-order valence-corrected chi connectivity index (χ4v) is 1.23. The lowest BCUT2D eigenvalue weighted by atomic mass is 10.1. The van der Waals surface area contributed by atoms with Crippen LogP contribution in [-0.4, -0.2) is 5.38 Å². The van der Waals surface area contributed by atoms with E-state index < -0.39 is 0 Å². The van der Waals surface area contributed by atoms with Crippen molar-refractivity contribution in [1.82, 2.24) is 0 Å². The lowest BCUT2D eigenvalue weighted by Crippen LogP contribution is -1.96. The number of benzene rings is 1. The molecule has 0 heterocycles. The first-order valence-corrected chi connectivity index (χ1v) is 4.32. The average molecular weight is 169 g/mol. The fraction of sp³-hybridized carbons (Fsp3) is 0.400. The molecule has 1 atom stereocenters. The van der Waals surface area contributed by atoms with Gasteiger partial charge in [0.05, 0.1) is 0 Å². The molecule has 1 unspecified atom stereocenters. The average Bonchev–Trinajstić information content (AvgIpc) is 1.93. The Morgan fingerprint density at radius 1 is 1.27 bits per heavy atom. The zero-order valence-corrected chi connectivity index (χ0v) is 7.73. The maximum absolute atomic E-state index is 5.85. The van der Waals surface area contributed by atoms with Crippen molar-refractivity contribution >= 4 is 11.6 Å². The number of aryl methyl sites for hydroxylation is 1. The van der Waals surface area contributed by atoms with Gasteiger partial charge in [-0.25, -0.2) is 0 Å². The molecule has 0 saturated carbocycles. The van der Waals surface area contributed by atoms with Gasteiger partial charge in [-0.1, -0.05) is 29.8 Å². The van der Waals surface area contributed by atoms with Crippen molar-refractivity contribution in [2.24, 2.45) is 0 Å². The van der Waals surface area contributed by atoms with E-state index in [2.05, 4.69) is 31.2 Å². The maximum atomic E-state index is 5.85. The zero-order chi connectivity index (χ0) is 8.27. The third-order valence-corrected chi connectivity index (χ3v) is 1.79. The van der Waals surface area contributed by atoms with Crippen LogP contribution in [0.3, 0.4) is 0 Å². The molecule has 1 heteroatoms. The van der Waals surface area contributed by atoms with Crippen molar-refractivity contribution in [3.8, 4) is 0 Å². The molecule has 0 fully saturated rings. The molecule has 0 N–H and O–H groups in total. The van der Waals surface area contributed by atoms with Crippen molar-refractivity contribution in [3.05, 3.63) is 35.4 Å². The van der Waals surface area contributed by atoms with E-state index in [1.807, 2.05) is 6.92 Å². The van der Waals surface area contributed by atoms with Gasteiger partial charge in [0.2, 0.25) is 0 Å². The van der Waals surface area contributed by atoms with Crippen LogP contribution in [0.1, 0.15) is 18.1 Å². The fourth-order valence-electron chi connectivity index (χ4n) is 1.05. The quantitative estimate of drug-likeness (QED) is 0.596. The molecule has 0 aliphatic rings. The van der Waals surface area contributed by atoms with Gasteiger partial charge in [-0.05, 0) is 25.8 Å². The number of halogens is 1. The van der Waals surface area contributed by atoms with Gasteiger partial charge in [-0.15, -0.1) is 11.6 Å². The van der Waals surface area contributed by atoms with E-state index in [4.69, 9.17) is 11.6 Å². The predicted octanol–water partition coefficient (Wildman–Crippen LogP) is 3.16. The maximum Gasteiger partial charge on any atom is 0.0348 e. The van der Waals surface area contributed by atoms with Crippen LogP contribution < -0.4 is 0 Å². The van der Waals surface area contributed by atoms with Gasteiger partial charge in [0.25, 0.3) is 0 Å². The van der Waals surface area contributed by atoms with Crippen LogP contribution in [0.25, 0.3) is 0 Å².